The summed E-state index contributed by atoms with van der Waals surface area (Å²) in [6, 6.07) is 7.00. The fraction of sp³-hybridized carbons (Fsp3) is 0.385. The molecule has 1 heterocycles. The van der Waals surface area contributed by atoms with Gasteiger partial charge in [-0.15, -0.1) is 0 Å². The maximum absolute atomic E-state index is 10.9. The topological polar surface area (TPSA) is 52.9 Å². The van der Waals surface area contributed by atoms with Crippen LogP contribution in [-0.2, 0) is 0 Å². The third-order valence-electron chi connectivity index (χ3n) is 2.80. The molecule has 0 fully saturated rings. The third kappa shape index (κ3) is 2.30. The van der Waals surface area contributed by atoms with Crippen LogP contribution in [0.25, 0.3) is 0 Å². The molecule has 0 unspecified atom stereocenters. The Balaban J connectivity index is 2.31. The van der Waals surface area contributed by atoms with Crippen LogP contribution in [0.15, 0.2) is 29.3 Å². The number of carboxylic acids is 1. The Hall–Kier alpha value is -1.84. The van der Waals surface area contributed by atoms with Gasteiger partial charge in [0.05, 0.1) is 12.1 Å². The SMILES string of the molecule is CC(C)C1=NCCN1c1cccc(C(=O)O)c1. The van der Waals surface area contributed by atoms with E-state index in [2.05, 4.69) is 23.7 Å². The second-order valence-corrected chi connectivity index (χ2v) is 4.40. The third-order valence-corrected chi connectivity index (χ3v) is 2.80. The normalized spacial score (nSPS) is 15.2. The molecule has 4 nitrogen and oxygen atoms in total. The van der Waals surface area contributed by atoms with Gasteiger partial charge in [0.1, 0.15) is 5.84 Å². The van der Waals surface area contributed by atoms with E-state index in [9.17, 15) is 4.79 Å². The number of benzene rings is 1. The van der Waals surface area contributed by atoms with Gasteiger partial charge in [-0.3, -0.25) is 4.99 Å². The van der Waals surface area contributed by atoms with Crippen LogP contribution in [0.2, 0.25) is 0 Å². The van der Waals surface area contributed by atoms with Crippen molar-refractivity contribution in [1.29, 1.82) is 0 Å². The molecule has 2 rings (SSSR count). The van der Waals surface area contributed by atoms with E-state index in [1.165, 1.54) is 0 Å². The lowest BCUT2D eigenvalue weighted by atomic mass is 10.1. The smallest absolute Gasteiger partial charge is 0.335 e. The second-order valence-electron chi connectivity index (χ2n) is 4.40. The van der Waals surface area contributed by atoms with Gasteiger partial charge in [-0.25, -0.2) is 4.79 Å². The highest BCUT2D eigenvalue weighted by Gasteiger charge is 2.21. The minimum atomic E-state index is -0.894. The van der Waals surface area contributed by atoms with Crippen molar-refractivity contribution in [2.75, 3.05) is 18.0 Å². The first kappa shape index (κ1) is 11.6. The lowest BCUT2D eigenvalue weighted by molar-refractivity contribution is 0.0697. The van der Waals surface area contributed by atoms with Crippen molar-refractivity contribution >= 4 is 17.5 Å². The molecule has 1 aliphatic heterocycles. The molecule has 0 atom stereocenters. The van der Waals surface area contributed by atoms with Crippen LogP contribution in [0, 0.1) is 5.92 Å². The summed E-state index contributed by atoms with van der Waals surface area (Å²) in [5.74, 6) is 0.493. The summed E-state index contributed by atoms with van der Waals surface area (Å²) in [7, 11) is 0. The summed E-state index contributed by atoms with van der Waals surface area (Å²) in [5, 5.41) is 8.98. The van der Waals surface area contributed by atoms with E-state index in [1.807, 2.05) is 6.07 Å². The average molecular weight is 232 g/mol. The quantitative estimate of drug-likeness (QED) is 0.869. The Morgan fingerprint density at radius 3 is 2.88 bits per heavy atom. The van der Waals surface area contributed by atoms with Crippen molar-refractivity contribution in [3.63, 3.8) is 0 Å². The Bertz CT molecular complexity index is 466. The maximum Gasteiger partial charge on any atom is 0.335 e. The van der Waals surface area contributed by atoms with E-state index in [-0.39, 0.29) is 0 Å². The highest BCUT2D eigenvalue weighted by molar-refractivity contribution is 6.01. The molecule has 0 saturated carbocycles. The molecule has 1 aromatic rings. The Kier molecular flexibility index (Phi) is 3.13. The molecule has 0 aliphatic carbocycles. The molecule has 0 bridgehead atoms. The van der Waals surface area contributed by atoms with E-state index >= 15 is 0 Å². The lowest BCUT2D eigenvalue weighted by Crippen LogP contribution is -2.31. The zero-order chi connectivity index (χ0) is 12.4. The first-order chi connectivity index (χ1) is 8.09. The van der Waals surface area contributed by atoms with Crippen LogP contribution in [0.5, 0.6) is 0 Å². The largest absolute Gasteiger partial charge is 0.478 e. The molecule has 0 spiro atoms. The summed E-state index contributed by atoms with van der Waals surface area (Å²) in [4.78, 5) is 17.5. The lowest BCUT2D eigenvalue weighted by Gasteiger charge is -2.23. The minimum Gasteiger partial charge on any atom is -0.478 e. The number of aromatic carboxylic acids is 1. The molecule has 90 valence electrons. The zero-order valence-electron chi connectivity index (χ0n) is 10.1. The minimum absolute atomic E-state index is 0.317. The van der Waals surface area contributed by atoms with E-state index in [1.54, 1.807) is 18.2 Å². The maximum atomic E-state index is 10.9. The zero-order valence-corrected chi connectivity index (χ0v) is 10.1. The highest BCUT2D eigenvalue weighted by Crippen LogP contribution is 2.22. The predicted molar refractivity (Wildman–Crippen MR) is 67.9 cm³/mol. The van der Waals surface area contributed by atoms with Gasteiger partial charge in [0.15, 0.2) is 0 Å². The van der Waals surface area contributed by atoms with Crippen LogP contribution in [-0.4, -0.2) is 30.0 Å². The van der Waals surface area contributed by atoms with Crippen molar-refractivity contribution in [3.8, 4) is 0 Å². The molecule has 0 saturated heterocycles. The van der Waals surface area contributed by atoms with Crippen molar-refractivity contribution < 1.29 is 9.90 Å². The van der Waals surface area contributed by atoms with Crippen LogP contribution in [0.4, 0.5) is 5.69 Å². The fourth-order valence-electron chi connectivity index (χ4n) is 2.03. The number of aliphatic imine (C=N–C) groups is 1. The standard InChI is InChI=1S/C13H16N2O2/c1-9(2)12-14-6-7-15(12)11-5-3-4-10(8-11)13(16)17/h3-5,8-9H,6-7H2,1-2H3,(H,16,17). The number of nitrogens with zero attached hydrogens (tertiary/aromatic N) is 2. The monoisotopic (exact) mass is 232 g/mol. The molecule has 1 aromatic carbocycles. The van der Waals surface area contributed by atoms with Crippen LogP contribution in [0.3, 0.4) is 0 Å². The number of carboxylic acid groups (broad SMARTS) is 1. The van der Waals surface area contributed by atoms with Gasteiger partial charge in [0, 0.05) is 18.2 Å². The molecular weight excluding hydrogens is 216 g/mol. The molecule has 1 N–H and O–H groups in total. The van der Waals surface area contributed by atoms with Gasteiger partial charge in [0.2, 0.25) is 0 Å². The predicted octanol–water partition coefficient (Wildman–Crippen LogP) is 2.26. The van der Waals surface area contributed by atoms with Gasteiger partial charge in [-0.05, 0) is 18.2 Å². The van der Waals surface area contributed by atoms with E-state index in [0.29, 0.717) is 11.5 Å². The Morgan fingerprint density at radius 2 is 2.24 bits per heavy atom. The average Bonchev–Trinajstić information content (AvgIpc) is 2.78. The van der Waals surface area contributed by atoms with Crippen LogP contribution in [0.1, 0.15) is 24.2 Å². The molecule has 0 amide bonds. The van der Waals surface area contributed by atoms with Gasteiger partial charge < -0.3 is 10.0 Å². The summed E-state index contributed by atoms with van der Waals surface area (Å²) >= 11 is 0. The fourth-order valence-corrected chi connectivity index (χ4v) is 2.03. The van der Waals surface area contributed by atoms with Crippen molar-refractivity contribution in [1.82, 2.24) is 0 Å². The number of hydrogen-bond donors (Lipinski definition) is 1. The Morgan fingerprint density at radius 1 is 1.47 bits per heavy atom. The van der Waals surface area contributed by atoms with Crippen molar-refractivity contribution in [3.05, 3.63) is 29.8 Å². The van der Waals surface area contributed by atoms with Gasteiger partial charge in [-0.1, -0.05) is 19.9 Å². The number of carbonyl (C=O) groups is 1. The molecule has 1 aliphatic rings. The molecule has 0 radical (unpaired) electrons. The number of rotatable bonds is 3. The van der Waals surface area contributed by atoms with Crippen LogP contribution >= 0.6 is 0 Å². The van der Waals surface area contributed by atoms with E-state index in [0.717, 1.165) is 24.6 Å². The summed E-state index contributed by atoms with van der Waals surface area (Å²) in [5.41, 5.74) is 1.23. The first-order valence-electron chi connectivity index (χ1n) is 5.75. The summed E-state index contributed by atoms with van der Waals surface area (Å²) < 4.78 is 0. The van der Waals surface area contributed by atoms with Gasteiger partial charge in [0.25, 0.3) is 0 Å². The van der Waals surface area contributed by atoms with Crippen LogP contribution < -0.4 is 4.90 Å². The van der Waals surface area contributed by atoms with E-state index in [4.69, 9.17) is 5.11 Å². The number of hydrogen-bond acceptors (Lipinski definition) is 3. The van der Waals surface area contributed by atoms with Crippen molar-refractivity contribution in [2.24, 2.45) is 10.9 Å². The molecule has 17 heavy (non-hydrogen) atoms. The van der Waals surface area contributed by atoms with E-state index < -0.39 is 5.97 Å². The first-order valence-corrected chi connectivity index (χ1v) is 5.75. The molecule has 0 aromatic heterocycles. The Labute approximate surface area is 101 Å². The van der Waals surface area contributed by atoms with Gasteiger partial charge in [-0.2, -0.15) is 0 Å². The number of anilines is 1. The molecular formula is C13H16N2O2. The highest BCUT2D eigenvalue weighted by atomic mass is 16.4. The summed E-state index contributed by atoms with van der Waals surface area (Å²) in [6.45, 7) is 5.80. The van der Waals surface area contributed by atoms with Crippen molar-refractivity contribution in [2.45, 2.75) is 13.8 Å². The number of amidine groups is 1. The summed E-state index contributed by atoms with van der Waals surface area (Å²) in [6.07, 6.45) is 0. The van der Waals surface area contributed by atoms with Gasteiger partial charge >= 0.3 is 5.97 Å². The second kappa shape index (κ2) is 4.57. The molecule has 4 heteroatoms.